The summed E-state index contributed by atoms with van der Waals surface area (Å²) in [6.45, 7) is 1.95. The molecule has 0 unspecified atom stereocenters. The Morgan fingerprint density at radius 1 is 1.23 bits per heavy atom. The fraction of sp³-hybridized carbons (Fsp3) is 0.273. The molecule has 0 aliphatic heterocycles. The lowest BCUT2D eigenvalue weighted by atomic mass is 10.1. The van der Waals surface area contributed by atoms with Gasteiger partial charge in [0.05, 0.1) is 22.0 Å². The monoisotopic (exact) mass is 450 g/mol. The highest BCUT2D eigenvalue weighted by molar-refractivity contribution is 7.99. The predicted molar refractivity (Wildman–Crippen MR) is 114 cm³/mol. The molecule has 3 aromatic rings. The molecule has 2 heterocycles. The molecule has 0 fully saturated rings. The number of carbonyl (C=O) groups is 1. The van der Waals surface area contributed by atoms with Crippen LogP contribution in [0.15, 0.2) is 42.6 Å². The van der Waals surface area contributed by atoms with E-state index in [-0.39, 0.29) is 11.3 Å². The number of hydrogen-bond acceptors (Lipinski definition) is 3. The maximum absolute atomic E-state index is 13.0. The number of carbonyl (C=O) groups excluding carboxylic acids is 1. The number of rotatable bonds is 6. The minimum absolute atomic E-state index is 0.172. The van der Waals surface area contributed by atoms with Crippen LogP contribution in [0.3, 0.4) is 0 Å². The Labute approximate surface area is 181 Å². The Morgan fingerprint density at radius 2 is 2.03 bits per heavy atom. The molecule has 2 aromatic heterocycles. The van der Waals surface area contributed by atoms with Gasteiger partial charge in [-0.15, -0.1) is 11.8 Å². The molecule has 3 rings (SSSR count). The van der Waals surface area contributed by atoms with E-state index in [4.69, 9.17) is 11.6 Å². The molecular weight excluding hydrogens is 433 g/mol. The van der Waals surface area contributed by atoms with Crippen molar-refractivity contribution in [1.82, 2.24) is 9.38 Å². The highest BCUT2D eigenvalue weighted by Gasteiger charge is 2.30. The smallest absolute Gasteiger partial charge is 0.299 e. The Balaban J connectivity index is 1.93. The summed E-state index contributed by atoms with van der Waals surface area (Å²) >= 11 is 7.54. The van der Waals surface area contributed by atoms with Crippen molar-refractivity contribution in [3.05, 3.63) is 70.1 Å². The van der Waals surface area contributed by atoms with Gasteiger partial charge in [-0.25, -0.2) is 4.98 Å². The molecule has 0 radical (unpaired) electrons. The van der Waals surface area contributed by atoms with Crippen molar-refractivity contribution >= 4 is 34.8 Å². The van der Waals surface area contributed by atoms with E-state index in [1.54, 1.807) is 22.7 Å². The second-order valence-electron chi connectivity index (χ2n) is 6.59. The second-order valence-corrected chi connectivity index (χ2v) is 8.01. The number of imidazole rings is 1. The number of benzene rings is 1. The number of hydrogen-bond donors (Lipinski definition) is 0. The lowest BCUT2D eigenvalue weighted by Gasteiger charge is -2.05. The number of ketones is 1. The molecule has 0 amide bonds. The molecule has 0 N–H and O–H groups in total. The molecule has 8 heteroatoms. The summed E-state index contributed by atoms with van der Waals surface area (Å²) in [5, 5.41) is 0.486. The number of halogens is 4. The zero-order chi connectivity index (χ0) is 21.7. The Hall–Kier alpha value is -2.43. The van der Waals surface area contributed by atoms with E-state index in [9.17, 15) is 18.0 Å². The normalized spacial score (nSPS) is 11.4. The molecule has 0 bridgehead atoms. The lowest BCUT2D eigenvalue weighted by molar-refractivity contribution is -0.137. The molecule has 1 aromatic carbocycles. The first-order valence-corrected chi connectivity index (χ1v) is 10.8. The number of pyridine rings is 1. The quantitative estimate of drug-likeness (QED) is 0.431. The fourth-order valence-corrected chi connectivity index (χ4v) is 3.85. The van der Waals surface area contributed by atoms with E-state index in [0.717, 1.165) is 18.6 Å². The molecule has 0 atom stereocenters. The van der Waals surface area contributed by atoms with Crippen LogP contribution in [-0.4, -0.2) is 20.9 Å². The Morgan fingerprint density at radius 3 is 2.77 bits per heavy atom. The van der Waals surface area contributed by atoms with Crippen LogP contribution >= 0.6 is 23.4 Å². The minimum Gasteiger partial charge on any atom is -0.299 e. The largest absolute Gasteiger partial charge is 0.416 e. The number of Topliss-reactive ketones (excluding diaryl/α,β-unsaturated/α-hetero) is 1. The number of aromatic nitrogens is 2. The summed E-state index contributed by atoms with van der Waals surface area (Å²) in [7, 11) is 0. The van der Waals surface area contributed by atoms with Crippen LogP contribution < -0.4 is 0 Å². The van der Waals surface area contributed by atoms with Gasteiger partial charge in [-0.3, -0.25) is 9.20 Å². The van der Waals surface area contributed by atoms with Crippen molar-refractivity contribution in [2.24, 2.45) is 0 Å². The van der Waals surface area contributed by atoms with Crippen molar-refractivity contribution in [1.29, 1.82) is 0 Å². The van der Waals surface area contributed by atoms with E-state index in [1.807, 2.05) is 6.92 Å². The summed E-state index contributed by atoms with van der Waals surface area (Å²) in [6, 6.07) is 8.32. The van der Waals surface area contributed by atoms with E-state index < -0.39 is 11.7 Å². The van der Waals surface area contributed by atoms with Gasteiger partial charge in [0, 0.05) is 23.9 Å². The van der Waals surface area contributed by atoms with Gasteiger partial charge in [0.25, 0.3) is 0 Å². The highest BCUT2D eigenvalue weighted by atomic mass is 35.5. The van der Waals surface area contributed by atoms with Gasteiger partial charge in [0.1, 0.15) is 17.1 Å². The lowest BCUT2D eigenvalue weighted by Crippen LogP contribution is -2.04. The molecule has 0 saturated carbocycles. The van der Waals surface area contributed by atoms with Crippen LogP contribution in [0.5, 0.6) is 0 Å². The number of fused-ring (bicyclic) bond motifs is 1. The van der Waals surface area contributed by atoms with E-state index in [1.165, 1.54) is 23.9 Å². The van der Waals surface area contributed by atoms with Gasteiger partial charge in [-0.1, -0.05) is 30.5 Å². The van der Waals surface area contributed by atoms with Crippen molar-refractivity contribution in [3.8, 4) is 11.8 Å². The summed E-state index contributed by atoms with van der Waals surface area (Å²) in [5.41, 5.74) is 1.33. The van der Waals surface area contributed by atoms with Crippen molar-refractivity contribution < 1.29 is 18.0 Å². The molecule has 3 nitrogen and oxygen atoms in total. The van der Waals surface area contributed by atoms with Crippen molar-refractivity contribution in [2.75, 3.05) is 5.75 Å². The van der Waals surface area contributed by atoms with Crippen molar-refractivity contribution in [3.63, 3.8) is 0 Å². The molecule has 0 aliphatic carbocycles. The van der Waals surface area contributed by atoms with Gasteiger partial charge < -0.3 is 0 Å². The standard InChI is InChI=1S/C22H18ClF3N2OS/c1-2-4-18(29)13-30-14-19-20(28-12-17(23)8-10-21(28)27-19)9-7-15-5-3-6-16(11-15)22(24,25)26/h3,5-6,8,10-12H,2,4,13-14H2,1H3. The minimum atomic E-state index is -4.43. The number of nitrogens with zero attached hydrogens (tertiary/aromatic N) is 2. The predicted octanol–water partition coefficient (Wildman–Crippen LogP) is 6.01. The summed E-state index contributed by atoms with van der Waals surface area (Å²) in [4.78, 5) is 16.3. The first kappa shape index (κ1) is 22.3. The molecule has 0 aliphatic rings. The fourth-order valence-electron chi connectivity index (χ4n) is 2.82. The molecular formula is C22H18ClF3N2OS. The Kier molecular flexibility index (Phi) is 7.11. The summed E-state index contributed by atoms with van der Waals surface area (Å²) in [5.74, 6) is 6.76. The third-order valence-electron chi connectivity index (χ3n) is 4.20. The van der Waals surface area contributed by atoms with Gasteiger partial charge in [-0.05, 0) is 42.7 Å². The van der Waals surface area contributed by atoms with Crippen LogP contribution in [0, 0.1) is 11.8 Å². The zero-order valence-electron chi connectivity index (χ0n) is 16.1. The summed E-state index contributed by atoms with van der Waals surface area (Å²) < 4.78 is 40.6. The first-order chi connectivity index (χ1) is 14.3. The van der Waals surface area contributed by atoms with E-state index in [0.29, 0.717) is 40.0 Å². The van der Waals surface area contributed by atoms with Crippen LogP contribution in [0.1, 0.15) is 42.3 Å². The molecule has 30 heavy (non-hydrogen) atoms. The number of alkyl halides is 3. The average molecular weight is 451 g/mol. The third-order valence-corrected chi connectivity index (χ3v) is 5.43. The third kappa shape index (κ3) is 5.59. The zero-order valence-corrected chi connectivity index (χ0v) is 17.7. The molecule has 0 saturated heterocycles. The van der Waals surface area contributed by atoms with Crippen LogP contribution in [-0.2, 0) is 16.7 Å². The van der Waals surface area contributed by atoms with Gasteiger partial charge in [-0.2, -0.15) is 13.2 Å². The van der Waals surface area contributed by atoms with Gasteiger partial charge in [0.2, 0.25) is 0 Å². The SMILES string of the molecule is CCCC(=O)CSCc1nc2ccc(Cl)cn2c1C#Cc1cccc(C(F)(F)F)c1. The van der Waals surface area contributed by atoms with E-state index in [2.05, 4.69) is 16.8 Å². The highest BCUT2D eigenvalue weighted by Crippen LogP contribution is 2.29. The van der Waals surface area contributed by atoms with Gasteiger partial charge in [0.15, 0.2) is 0 Å². The maximum Gasteiger partial charge on any atom is 0.416 e. The summed E-state index contributed by atoms with van der Waals surface area (Å²) in [6.07, 6.45) is -1.42. The maximum atomic E-state index is 13.0. The number of thioether (sulfide) groups is 1. The molecule has 156 valence electrons. The topological polar surface area (TPSA) is 34.4 Å². The average Bonchev–Trinajstić information content (AvgIpc) is 3.03. The van der Waals surface area contributed by atoms with Crippen LogP contribution in [0.4, 0.5) is 13.2 Å². The van der Waals surface area contributed by atoms with Crippen molar-refractivity contribution in [2.45, 2.75) is 31.7 Å². The van der Waals surface area contributed by atoms with Crippen LogP contribution in [0.2, 0.25) is 5.02 Å². The van der Waals surface area contributed by atoms with Gasteiger partial charge >= 0.3 is 6.18 Å². The van der Waals surface area contributed by atoms with E-state index >= 15 is 0 Å². The Bertz CT molecular complexity index is 1130. The first-order valence-electron chi connectivity index (χ1n) is 9.23. The van der Waals surface area contributed by atoms with Crippen LogP contribution in [0.25, 0.3) is 5.65 Å². The second kappa shape index (κ2) is 9.59. The molecule has 0 spiro atoms.